The summed E-state index contributed by atoms with van der Waals surface area (Å²) in [5, 5.41) is 6.74. The van der Waals surface area contributed by atoms with Crippen LogP contribution in [0.3, 0.4) is 0 Å². The zero-order valence-electron chi connectivity index (χ0n) is 9.59. The highest BCUT2D eigenvalue weighted by molar-refractivity contribution is 6.19. The average Bonchev–Trinajstić information content (AvgIpc) is 3.01. The van der Waals surface area contributed by atoms with Crippen molar-refractivity contribution in [2.24, 2.45) is 0 Å². The van der Waals surface area contributed by atoms with Crippen molar-refractivity contribution in [1.82, 2.24) is 10.2 Å². The lowest BCUT2D eigenvalue weighted by atomic mass is 10.1. The van der Waals surface area contributed by atoms with E-state index in [2.05, 4.69) is 10.2 Å². The molecule has 2 amide bonds. The summed E-state index contributed by atoms with van der Waals surface area (Å²) in [4.78, 5) is 24.4. The summed E-state index contributed by atoms with van der Waals surface area (Å²) in [6.07, 6.45) is 2.29. The van der Waals surface area contributed by atoms with E-state index in [4.69, 9.17) is 0 Å². The number of imide groups is 1. The second-order valence-corrected chi connectivity index (χ2v) is 4.14. The number of amides is 2. The summed E-state index contributed by atoms with van der Waals surface area (Å²) < 4.78 is 0. The molecular weight excluding hydrogens is 230 g/mol. The summed E-state index contributed by atoms with van der Waals surface area (Å²) >= 11 is 0. The second kappa shape index (κ2) is 4.10. The van der Waals surface area contributed by atoms with Crippen molar-refractivity contribution in [3.8, 4) is 11.3 Å². The molecule has 2 aromatic rings. The average molecular weight is 241 g/mol. The van der Waals surface area contributed by atoms with E-state index in [9.17, 15) is 9.59 Å². The smallest absolute Gasteiger partial charge is 0.234 e. The zero-order valence-corrected chi connectivity index (χ0v) is 9.59. The van der Waals surface area contributed by atoms with Crippen LogP contribution in [0.15, 0.2) is 36.5 Å². The Labute approximate surface area is 103 Å². The number of rotatable bonds is 2. The van der Waals surface area contributed by atoms with Gasteiger partial charge in [-0.1, -0.05) is 12.1 Å². The molecule has 5 nitrogen and oxygen atoms in total. The maximum atomic E-state index is 11.6. The minimum Gasteiger partial charge on any atom is -0.278 e. The number of hydrogen-bond donors (Lipinski definition) is 1. The molecule has 1 saturated heterocycles. The van der Waals surface area contributed by atoms with Crippen LogP contribution in [0.1, 0.15) is 12.8 Å². The Bertz CT molecular complexity index is 571. The van der Waals surface area contributed by atoms with Gasteiger partial charge in [-0.05, 0) is 23.8 Å². The van der Waals surface area contributed by atoms with Gasteiger partial charge in [0.15, 0.2) is 0 Å². The molecule has 2 heterocycles. The highest BCUT2D eigenvalue weighted by Gasteiger charge is 2.29. The van der Waals surface area contributed by atoms with Crippen LogP contribution in [-0.2, 0) is 9.59 Å². The lowest BCUT2D eigenvalue weighted by molar-refractivity contribution is -0.121. The Morgan fingerprint density at radius 1 is 1.00 bits per heavy atom. The van der Waals surface area contributed by atoms with Gasteiger partial charge in [-0.3, -0.25) is 19.6 Å². The molecule has 0 atom stereocenters. The van der Waals surface area contributed by atoms with Gasteiger partial charge in [0, 0.05) is 19.0 Å². The molecule has 1 aromatic heterocycles. The monoisotopic (exact) mass is 241 g/mol. The first kappa shape index (κ1) is 10.7. The number of aromatic amines is 1. The maximum Gasteiger partial charge on any atom is 0.234 e. The van der Waals surface area contributed by atoms with Gasteiger partial charge in [0.25, 0.3) is 0 Å². The Balaban J connectivity index is 1.92. The molecule has 18 heavy (non-hydrogen) atoms. The molecule has 3 rings (SSSR count). The van der Waals surface area contributed by atoms with Gasteiger partial charge in [-0.2, -0.15) is 5.10 Å². The van der Waals surface area contributed by atoms with E-state index in [1.54, 1.807) is 18.3 Å². The van der Waals surface area contributed by atoms with Gasteiger partial charge in [-0.15, -0.1) is 0 Å². The number of nitrogens with zero attached hydrogens (tertiary/aromatic N) is 2. The number of benzene rings is 1. The van der Waals surface area contributed by atoms with E-state index in [0.29, 0.717) is 18.5 Å². The number of anilines is 1. The molecule has 1 aliphatic rings. The van der Waals surface area contributed by atoms with Crippen molar-refractivity contribution < 1.29 is 9.59 Å². The molecule has 0 radical (unpaired) electrons. The standard InChI is InChI=1S/C13H11N3O2/c17-12-5-6-13(18)16(12)10-3-1-9(2-4-10)11-7-8-14-15-11/h1-4,7-8H,5-6H2,(H,14,15). The topological polar surface area (TPSA) is 66.1 Å². The summed E-state index contributed by atoms with van der Waals surface area (Å²) in [7, 11) is 0. The van der Waals surface area contributed by atoms with Crippen molar-refractivity contribution in [3.63, 3.8) is 0 Å². The van der Waals surface area contributed by atoms with Crippen LogP contribution in [0.4, 0.5) is 5.69 Å². The van der Waals surface area contributed by atoms with E-state index in [0.717, 1.165) is 11.3 Å². The first-order valence-electron chi connectivity index (χ1n) is 5.71. The third-order valence-corrected chi connectivity index (χ3v) is 2.99. The molecule has 1 N–H and O–H groups in total. The van der Waals surface area contributed by atoms with Crippen LogP contribution < -0.4 is 4.90 Å². The van der Waals surface area contributed by atoms with Crippen molar-refractivity contribution in [1.29, 1.82) is 0 Å². The van der Waals surface area contributed by atoms with Crippen molar-refractivity contribution >= 4 is 17.5 Å². The molecule has 0 aliphatic carbocycles. The fourth-order valence-corrected chi connectivity index (χ4v) is 2.07. The van der Waals surface area contributed by atoms with E-state index < -0.39 is 0 Å². The fourth-order valence-electron chi connectivity index (χ4n) is 2.07. The predicted octanol–water partition coefficient (Wildman–Crippen LogP) is 1.73. The summed E-state index contributed by atoms with van der Waals surface area (Å²) in [5.74, 6) is -0.261. The van der Waals surface area contributed by atoms with Crippen molar-refractivity contribution in [3.05, 3.63) is 36.5 Å². The molecule has 1 aliphatic heterocycles. The number of hydrogen-bond acceptors (Lipinski definition) is 3. The third kappa shape index (κ3) is 1.69. The molecule has 1 fully saturated rings. The second-order valence-electron chi connectivity index (χ2n) is 4.14. The number of aromatic nitrogens is 2. The Kier molecular flexibility index (Phi) is 2.44. The number of carbonyl (C=O) groups is 2. The van der Waals surface area contributed by atoms with Gasteiger partial charge >= 0.3 is 0 Å². The minimum atomic E-state index is -0.130. The number of nitrogens with one attached hydrogen (secondary N) is 1. The van der Waals surface area contributed by atoms with Gasteiger partial charge in [0.2, 0.25) is 11.8 Å². The van der Waals surface area contributed by atoms with Crippen LogP contribution in [-0.4, -0.2) is 22.0 Å². The van der Waals surface area contributed by atoms with Gasteiger partial charge in [0.1, 0.15) is 0 Å². The Morgan fingerprint density at radius 3 is 2.22 bits per heavy atom. The summed E-state index contributed by atoms with van der Waals surface area (Å²) in [6.45, 7) is 0. The van der Waals surface area contributed by atoms with Crippen LogP contribution >= 0.6 is 0 Å². The highest BCUT2D eigenvalue weighted by atomic mass is 16.2. The highest BCUT2D eigenvalue weighted by Crippen LogP contribution is 2.25. The van der Waals surface area contributed by atoms with E-state index >= 15 is 0 Å². The van der Waals surface area contributed by atoms with Crippen molar-refractivity contribution in [2.45, 2.75) is 12.8 Å². The van der Waals surface area contributed by atoms with Gasteiger partial charge < -0.3 is 0 Å². The molecule has 90 valence electrons. The molecule has 0 saturated carbocycles. The van der Waals surface area contributed by atoms with Crippen LogP contribution in [0.2, 0.25) is 0 Å². The largest absolute Gasteiger partial charge is 0.278 e. The molecule has 0 bridgehead atoms. The predicted molar refractivity (Wildman–Crippen MR) is 65.8 cm³/mol. The quantitative estimate of drug-likeness (QED) is 0.814. The maximum absolute atomic E-state index is 11.6. The van der Waals surface area contributed by atoms with Crippen LogP contribution in [0.5, 0.6) is 0 Å². The van der Waals surface area contributed by atoms with Crippen LogP contribution in [0.25, 0.3) is 11.3 Å². The van der Waals surface area contributed by atoms with E-state index in [1.165, 1.54) is 4.90 Å². The fraction of sp³-hybridized carbons (Fsp3) is 0.154. The van der Waals surface area contributed by atoms with Gasteiger partial charge in [0.05, 0.1) is 11.4 Å². The SMILES string of the molecule is O=C1CCC(=O)N1c1ccc(-c2ccn[nH]2)cc1. The molecule has 0 spiro atoms. The van der Waals surface area contributed by atoms with E-state index in [1.807, 2.05) is 18.2 Å². The first-order chi connectivity index (χ1) is 8.75. The normalized spacial score (nSPS) is 15.4. The Morgan fingerprint density at radius 2 is 1.67 bits per heavy atom. The molecule has 1 aromatic carbocycles. The third-order valence-electron chi connectivity index (χ3n) is 2.99. The van der Waals surface area contributed by atoms with E-state index in [-0.39, 0.29) is 11.8 Å². The summed E-state index contributed by atoms with van der Waals surface area (Å²) in [5.41, 5.74) is 2.50. The zero-order chi connectivity index (χ0) is 12.5. The van der Waals surface area contributed by atoms with Crippen LogP contribution in [0, 0.1) is 0 Å². The summed E-state index contributed by atoms with van der Waals surface area (Å²) in [6, 6.07) is 9.14. The number of H-pyrrole nitrogens is 1. The lowest BCUT2D eigenvalue weighted by Crippen LogP contribution is -2.28. The minimum absolute atomic E-state index is 0.130. The lowest BCUT2D eigenvalue weighted by Gasteiger charge is -2.13. The van der Waals surface area contributed by atoms with Crippen molar-refractivity contribution in [2.75, 3.05) is 4.90 Å². The molecule has 5 heteroatoms. The Hall–Kier alpha value is -2.43. The first-order valence-corrected chi connectivity index (χ1v) is 5.71. The molecular formula is C13H11N3O2. The number of carbonyl (C=O) groups excluding carboxylic acids is 2. The van der Waals surface area contributed by atoms with Gasteiger partial charge in [-0.25, -0.2) is 0 Å². The molecule has 0 unspecified atom stereocenters.